The Labute approximate surface area is 156 Å². The number of ether oxygens (including phenoxy) is 1. The monoisotopic (exact) mass is 364 g/mol. The van der Waals surface area contributed by atoms with Gasteiger partial charge in [0.25, 0.3) is 5.91 Å². The Kier molecular flexibility index (Phi) is 3.70. The van der Waals surface area contributed by atoms with Gasteiger partial charge in [-0.05, 0) is 36.6 Å². The maximum Gasteiger partial charge on any atom is 0.263 e. The van der Waals surface area contributed by atoms with Gasteiger partial charge in [0.1, 0.15) is 17.9 Å². The highest BCUT2D eigenvalue weighted by molar-refractivity contribution is 5.82. The lowest BCUT2D eigenvalue weighted by molar-refractivity contribution is -0.140. The van der Waals surface area contributed by atoms with E-state index in [-0.39, 0.29) is 11.9 Å². The molecule has 3 aromatic rings. The zero-order chi connectivity index (χ0) is 18.4. The van der Waals surface area contributed by atoms with Gasteiger partial charge in [-0.2, -0.15) is 4.52 Å². The molecule has 0 N–H and O–H groups in total. The minimum Gasteiger partial charge on any atom is -0.480 e. The summed E-state index contributed by atoms with van der Waals surface area (Å²) < 4.78 is 7.61. The third-order valence-electron chi connectivity index (χ3n) is 5.42. The Balaban J connectivity index is 1.22. The molecule has 1 saturated heterocycles. The molecule has 1 fully saturated rings. The smallest absolute Gasteiger partial charge is 0.263 e. The molecule has 2 aromatic heterocycles. The molecule has 0 aliphatic carbocycles. The molecule has 2 aliphatic rings. The van der Waals surface area contributed by atoms with E-state index in [0.717, 1.165) is 43.1 Å². The van der Waals surface area contributed by atoms with E-state index in [2.05, 4.69) is 26.3 Å². The number of amides is 1. The molecule has 1 aromatic carbocycles. The first-order chi connectivity index (χ1) is 13.2. The van der Waals surface area contributed by atoms with E-state index in [4.69, 9.17) is 4.74 Å². The van der Waals surface area contributed by atoms with Crippen LogP contribution in [0.2, 0.25) is 0 Å². The number of carbonyl (C=O) groups excluding carboxylic acids is 1. The molecule has 2 aliphatic heterocycles. The molecule has 8 nitrogen and oxygen atoms in total. The molecular formula is C19H20N6O2. The molecule has 1 amide bonds. The van der Waals surface area contributed by atoms with Crippen LogP contribution in [0.15, 0.2) is 42.7 Å². The van der Waals surface area contributed by atoms with Crippen LogP contribution in [0, 0.1) is 0 Å². The molecule has 0 spiro atoms. The topological polar surface area (TPSA) is 75.9 Å². The molecule has 8 heteroatoms. The first-order valence-electron chi connectivity index (χ1n) is 9.12. The summed E-state index contributed by atoms with van der Waals surface area (Å²) >= 11 is 0. The average molecular weight is 364 g/mol. The van der Waals surface area contributed by atoms with Crippen molar-refractivity contribution in [1.29, 1.82) is 0 Å². The lowest BCUT2D eigenvalue weighted by Gasteiger charge is -2.45. The Morgan fingerprint density at radius 1 is 1.22 bits per heavy atom. The van der Waals surface area contributed by atoms with Crippen LogP contribution in [0.3, 0.4) is 0 Å². The summed E-state index contributed by atoms with van der Waals surface area (Å²) in [5, 5.41) is 12.3. The SMILES string of the molecule is CN(C(=O)C1CCc2ccccc2O1)C1CN(c2ccc3nncn3n2)C1. The quantitative estimate of drug-likeness (QED) is 0.694. The normalized spacial score (nSPS) is 19.3. The number of hydrogen-bond acceptors (Lipinski definition) is 6. The Morgan fingerprint density at radius 2 is 2.07 bits per heavy atom. The van der Waals surface area contributed by atoms with Crippen molar-refractivity contribution in [3.8, 4) is 5.75 Å². The number of aromatic nitrogens is 4. The Bertz CT molecular complexity index is 997. The van der Waals surface area contributed by atoms with Gasteiger partial charge in [0, 0.05) is 20.1 Å². The van der Waals surface area contributed by atoms with Gasteiger partial charge in [0.05, 0.1) is 6.04 Å². The molecule has 27 heavy (non-hydrogen) atoms. The second-order valence-electron chi connectivity index (χ2n) is 7.09. The highest BCUT2D eigenvalue weighted by Crippen LogP contribution is 2.29. The Morgan fingerprint density at radius 3 is 2.96 bits per heavy atom. The van der Waals surface area contributed by atoms with Gasteiger partial charge in [-0.3, -0.25) is 4.79 Å². The van der Waals surface area contributed by atoms with Crippen LogP contribution in [0.4, 0.5) is 5.82 Å². The second kappa shape index (κ2) is 6.22. The molecule has 0 saturated carbocycles. The first kappa shape index (κ1) is 16.0. The average Bonchev–Trinajstić information content (AvgIpc) is 3.13. The number of hydrogen-bond donors (Lipinski definition) is 0. The summed E-state index contributed by atoms with van der Waals surface area (Å²) in [5.41, 5.74) is 1.90. The third kappa shape index (κ3) is 2.77. The minimum absolute atomic E-state index is 0.0522. The Hall–Kier alpha value is -3.16. The lowest BCUT2D eigenvalue weighted by atomic mass is 10.0. The summed E-state index contributed by atoms with van der Waals surface area (Å²) in [4.78, 5) is 16.8. The van der Waals surface area contributed by atoms with E-state index in [1.807, 2.05) is 42.3 Å². The molecule has 5 rings (SSSR count). The number of fused-ring (bicyclic) bond motifs is 2. The van der Waals surface area contributed by atoms with Crippen LogP contribution < -0.4 is 9.64 Å². The van der Waals surface area contributed by atoms with E-state index in [0.29, 0.717) is 0 Å². The molecule has 0 bridgehead atoms. The number of rotatable bonds is 3. The number of nitrogens with zero attached hydrogens (tertiary/aromatic N) is 6. The standard InChI is InChI=1S/C19H20N6O2/c1-23(19(26)16-7-6-13-4-2-3-5-15(13)27-16)14-10-24(11-14)18-9-8-17-21-20-12-25(17)22-18/h2-5,8-9,12,14,16H,6-7,10-11H2,1H3. The van der Waals surface area contributed by atoms with Crippen LogP contribution in [0.1, 0.15) is 12.0 Å². The zero-order valence-electron chi connectivity index (χ0n) is 15.0. The zero-order valence-corrected chi connectivity index (χ0v) is 15.0. The van der Waals surface area contributed by atoms with Gasteiger partial charge in [-0.1, -0.05) is 18.2 Å². The van der Waals surface area contributed by atoms with Crippen LogP contribution in [0.5, 0.6) is 5.75 Å². The van der Waals surface area contributed by atoms with Crippen LogP contribution in [-0.4, -0.2) is 62.9 Å². The summed E-state index contributed by atoms with van der Waals surface area (Å²) in [7, 11) is 1.87. The summed E-state index contributed by atoms with van der Waals surface area (Å²) in [6.45, 7) is 1.51. The van der Waals surface area contributed by atoms with Crippen molar-refractivity contribution in [3.05, 3.63) is 48.3 Å². The second-order valence-corrected chi connectivity index (χ2v) is 7.09. The van der Waals surface area contributed by atoms with Gasteiger partial charge in [-0.15, -0.1) is 15.3 Å². The number of anilines is 1. The molecule has 4 heterocycles. The van der Waals surface area contributed by atoms with Crippen LogP contribution >= 0.6 is 0 Å². The highest BCUT2D eigenvalue weighted by Gasteiger charge is 2.37. The van der Waals surface area contributed by atoms with Gasteiger partial charge < -0.3 is 14.5 Å². The highest BCUT2D eigenvalue weighted by atomic mass is 16.5. The number of aryl methyl sites for hydroxylation is 1. The van der Waals surface area contributed by atoms with E-state index < -0.39 is 6.10 Å². The first-order valence-corrected chi connectivity index (χ1v) is 9.12. The molecule has 138 valence electrons. The molecule has 1 unspecified atom stereocenters. The summed E-state index contributed by atoms with van der Waals surface area (Å²) in [6, 6.07) is 11.9. The van der Waals surface area contributed by atoms with Crippen molar-refractivity contribution in [1.82, 2.24) is 24.7 Å². The maximum atomic E-state index is 12.9. The number of benzene rings is 1. The molecular weight excluding hydrogens is 344 g/mol. The summed E-state index contributed by atoms with van der Waals surface area (Å²) in [5.74, 6) is 1.75. The van der Waals surface area contributed by atoms with Crippen LogP contribution in [0.25, 0.3) is 5.65 Å². The van der Waals surface area contributed by atoms with Gasteiger partial charge in [-0.25, -0.2) is 0 Å². The van der Waals surface area contributed by atoms with Gasteiger partial charge in [0.15, 0.2) is 11.8 Å². The number of para-hydroxylation sites is 1. The van der Waals surface area contributed by atoms with E-state index in [1.165, 1.54) is 5.56 Å². The minimum atomic E-state index is -0.398. The molecule has 0 radical (unpaired) electrons. The van der Waals surface area contributed by atoms with E-state index in [9.17, 15) is 4.79 Å². The fraction of sp³-hybridized carbons (Fsp3) is 0.368. The molecule has 1 atom stereocenters. The van der Waals surface area contributed by atoms with Crippen molar-refractivity contribution in [3.63, 3.8) is 0 Å². The number of likely N-dealkylation sites (N-methyl/N-ethyl adjacent to an activating group) is 1. The predicted molar refractivity (Wildman–Crippen MR) is 98.7 cm³/mol. The van der Waals surface area contributed by atoms with Crippen molar-refractivity contribution in [2.75, 3.05) is 25.0 Å². The van der Waals surface area contributed by atoms with Crippen molar-refractivity contribution < 1.29 is 9.53 Å². The van der Waals surface area contributed by atoms with Crippen molar-refractivity contribution in [2.24, 2.45) is 0 Å². The lowest BCUT2D eigenvalue weighted by Crippen LogP contribution is -2.62. The largest absolute Gasteiger partial charge is 0.480 e. The van der Waals surface area contributed by atoms with Gasteiger partial charge in [0.2, 0.25) is 0 Å². The van der Waals surface area contributed by atoms with Crippen LogP contribution in [-0.2, 0) is 11.2 Å². The maximum absolute atomic E-state index is 12.9. The third-order valence-corrected chi connectivity index (χ3v) is 5.42. The van der Waals surface area contributed by atoms with Crippen molar-refractivity contribution in [2.45, 2.75) is 25.0 Å². The predicted octanol–water partition coefficient (Wildman–Crippen LogP) is 1.17. The van der Waals surface area contributed by atoms with Gasteiger partial charge >= 0.3 is 0 Å². The fourth-order valence-corrected chi connectivity index (χ4v) is 3.68. The number of carbonyl (C=O) groups is 1. The fourth-order valence-electron chi connectivity index (χ4n) is 3.68. The van der Waals surface area contributed by atoms with E-state index in [1.54, 1.807) is 10.8 Å². The summed E-state index contributed by atoms with van der Waals surface area (Å²) in [6.07, 6.45) is 2.79. The van der Waals surface area contributed by atoms with E-state index >= 15 is 0 Å². The van der Waals surface area contributed by atoms with Crippen molar-refractivity contribution >= 4 is 17.4 Å².